The molecule has 2 heterocycles. The Balaban J connectivity index is 1.54. The molecule has 3 nitrogen and oxygen atoms in total. The summed E-state index contributed by atoms with van der Waals surface area (Å²) in [4.78, 5) is 10.5. The van der Waals surface area contributed by atoms with Crippen molar-refractivity contribution in [2.75, 3.05) is 0 Å². The lowest BCUT2D eigenvalue weighted by Gasteiger charge is -2.00. The number of imidazole rings is 1. The van der Waals surface area contributed by atoms with E-state index in [2.05, 4.69) is 21.4 Å². The number of aromatic amines is 1. The van der Waals surface area contributed by atoms with Crippen molar-refractivity contribution >= 4 is 11.3 Å². The number of nitrogens with one attached hydrogen (secondary N) is 2. The quantitative estimate of drug-likeness (QED) is 0.871. The molecule has 0 aromatic carbocycles. The van der Waals surface area contributed by atoms with Gasteiger partial charge in [-0.3, -0.25) is 0 Å². The number of nitrogens with zero attached hydrogens (tertiary/aromatic N) is 1. The highest BCUT2D eigenvalue weighted by atomic mass is 32.1. The van der Waals surface area contributed by atoms with Gasteiger partial charge in [0.2, 0.25) is 0 Å². The molecule has 3 rings (SSSR count). The molecular weight excluding hydrogens is 230 g/mol. The van der Waals surface area contributed by atoms with Crippen molar-refractivity contribution < 1.29 is 0 Å². The molecule has 1 aliphatic carbocycles. The van der Waals surface area contributed by atoms with Crippen molar-refractivity contribution in [1.29, 1.82) is 0 Å². The predicted molar refractivity (Wildman–Crippen MR) is 70.2 cm³/mol. The van der Waals surface area contributed by atoms with E-state index < -0.39 is 0 Å². The zero-order valence-electron chi connectivity index (χ0n) is 10.0. The van der Waals surface area contributed by atoms with Gasteiger partial charge in [-0.25, -0.2) is 4.98 Å². The predicted octanol–water partition coefficient (Wildman–Crippen LogP) is 2.56. The molecule has 90 valence electrons. The average molecular weight is 247 g/mol. The van der Waals surface area contributed by atoms with E-state index in [1.54, 1.807) is 10.4 Å². The van der Waals surface area contributed by atoms with E-state index in [0.717, 1.165) is 24.6 Å². The summed E-state index contributed by atoms with van der Waals surface area (Å²) in [5, 5.41) is 3.46. The minimum atomic E-state index is 0.864. The van der Waals surface area contributed by atoms with Gasteiger partial charge in [-0.1, -0.05) is 0 Å². The number of aryl methyl sites for hydroxylation is 3. The third-order valence-electron chi connectivity index (χ3n) is 3.17. The molecule has 2 aromatic heterocycles. The van der Waals surface area contributed by atoms with Gasteiger partial charge in [0.05, 0.1) is 0 Å². The van der Waals surface area contributed by atoms with Gasteiger partial charge >= 0.3 is 0 Å². The summed E-state index contributed by atoms with van der Waals surface area (Å²) < 4.78 is 0. The van der Waals surface area contributed by atoms with Crippen molar-refractivity contribution in [1.82, 2.24) is 15.3 Å². The Morgan fingerprint density at radius 2 is 2.35 bits per heavy atom. The third kappa shape index (κ3) is 2.42. The Hall–Kier alpha value is -1.13. The Bertz CT molecular complexity index is 491. The molecule has 0 saturated heterocycles. The first-order chi connectivity index (χ1) is 8.31. The molecule has 0 atom stereocenters. The van der Waals surface area contributed by atoms with Gasteiger partial charge in [0, 0.05) is 34.7 Å². The second-order valence-corrected chi connectivity index (χ2v) is 5.83. The van der Waals surface area contributed by atoms with E-state index in [4.69, 9.17) is 0 Å². The minimum absolute atomic E-state index is 0.864. The van der Waals surface area contributed by atoms with Crippen LogP contribution in [0.25, 0.3) is 0 Å². The van der Waals surface area contributed by atoms with Crippen LogP contribution in [0, 0.1) is 6.92 Å². The number of hydrogen-bond acceptors (Lipinski definition) is 3. The van der Waals surface area contributed by atoms with Crippen LogP contribution in [0.4, 0.5) is 0 Å². The van der Waals surface area contributed by atoms with Crippen molar-refractivity contribution in [2.24, 2.45) is 0 Å². The molecule has 0 radical (unpaired) electrons. The number of thiophene rings is 1. The van der Waals surface area contributed by atoms with Gasteiger partial charge < -0.3 is 10.3 Å². The maximum absolute atomic E-state index is 4.19. The van der Waals surface area contributed by atoms with Gasteiger partial charge in [-0.05, 0) is 37.8 Å². The summed E-state index contributed by atoms with van der Waals surface area (Å²) >= 11 is 1.97. The number of H-pyrrole nitrogens is 1. The Kier molecular flexibility index (Phi) is 2.99. The molecule has 0 spiro atoms. The second-order valence-electron chi connectivity index (χ2n) is 4.61. The van der Waals surface area contributed by atoms with Crippen LogP contribution in [0.5, 0.6) is 0 Å². The zero-order valence-corrected chi connectivity index (χ0v) is 10.9. The summed E-state index contributed by atoms with van der Waals surface area (Å²) in [7, 11) is 0. The molecule has 0 amide bonds. The highest BCUT2D eigenvalue weighted by molar-refractivity contribution is 7.12. The van der Waals surface area contributed by atoms with Gasteiger partial charge in [0.15, 0.2) is 0 Å². The lowest BCUT2D eigenvalue weighted by molar-refractivity contribution is 0.688. The zero-order chi connectivity index (χ0) is 11.7. The Labute approximate surface area is 105 Å². The fourth-order valence-corrected chi connectivity index (χ4v) is 3.59. The van der Waals surface area contributed by atoms with E-state index in [9.17, 15) is 0 Å². The number of hydrogen-bond donors (Lipinski definition) is 2. The average Bonchev–Trinajstić information content (AvgIpc) is 2.94. The number of aromatic nitrogens is 2. The van der Waals surface area contributed by atoms with Crippen LogP contribution >= 0.6 is 11.3 Å². The van der Waals surface area contributed by atoms with E-state index in [1.165, 1.54) is 24.1 Å². The van der Waals surface area contributed by atoms with E-state index in [1.807, 2.05) is 24.5 Å². The summed E-state index contributed by atoms with van der Waals surface area (Å²) in [6.07, 6.45) is 5.82. The van der Waals surface area contributed by atoms with Crippen LogP contribution in [0.2, 0.25) is 0 Å². The van der Waals surface area contributed by atoms with Crippen LogP contribution in [0.1, 0.15) is 33.3 Å². The first-order valence-corrected chi connectivity index (χ1v) is 6.94. The van der Waals surface area contributed by atoms with Gasteiger partial charge in [-0.15, -0.1) is 11.3 Å². The van der Waals surface area contributed by atoms with E-state index in [0.29, 0.717) is 0 Å². The molecule has 0 aliphatic heterocycles. The molecular formula is C13H17N3S. The topological polar surface area (TPSA) is 40.7 Å². The number of rotatable bonds is 4. The lowest BCUT2D eigenvalue weighted by Crippen LogP contribution is -2.12. The molecule has 1 aliphatic rings. The molecule has 0 saturated carbocycles. The summed E-state index contributed by atoms with van der Waals surface area (Å²) in [5.74, 6) is 0.983. The standard InChI is InChI=1S/C13H17N3S/c1-9-15-7-11(16-9)6-14-8-12-5-10-3-2-4-13(10)17-12/h5,7,14H,2-4,6,8H2,1H3,(H,15,16). The first-order valence-electron chi connectivity index (χ1n) is 6.13. The van der Waals surface area contributed by atoms with Gasteiger partial charge in [0.1, 0.15) is 5.82 Å². The summed E-state index contributed by atoms with van der Waals surface area (Å²) in [5.41, 5.74) is 2.75. The smallest absolute Gasteiger partial charge is 0.103 e. The van der Waals surface area contributed by atoms with Gasteiger partial charge in [0.25, 0.3) is 0 Å². The lowest BCUT2D eigenvalue weighted by atomic mass is 10.2. The summed E-state index contributed by atoms with van der Waals surface area (Å²) in [6, 6.07) is 2.37. The third-order valence-corrected chi connectivity index (χ3v) is 4.40. The van der Waals surface area contributed by atoms with Crippen LogP contribution in [-0.4, -0.2) is 9.97 Å². The highest BCUT2D eigenvalue weighted by Gasteiger charge is 2.14. The molecule has 0 bridgehead atoms. The molecule has 0 unspecified atom stereocenters. The first kappa shape index (κ1) is 11.0. The highest BCUT2D eigenvalue weighted by Crippen LogP contribution is 2.30. The molecule has 2 aromatic rings. The summed E-state index contributed by atoms with van der Waals surface area (Å²) in [6.45, 7) is 3.81. The van der Waals surface area contributed by atoms with Crippen LogP contribution in [0.15, 0.2) is 12.3 Å². The van der Waals surface area contributed by atoms with Crippen molar-refractivity contribution in [3.05, 3.63) is 39.1 Å². The second kappa shape index (κ2) is 4.63. The number of fused-ring (bicyclic) bond motifs is 1. The van der Waals surface area contributed by atoms with E-state index >= 15 is 0 Å². The van der Waals surface area contributed by atoms with Crippen molar-refractivity contribution in [2.45, 2.75) is 39.3 Å². The minimum Gasteiger partial charge on any atom is -0.345 e. The van der Waals surface area contributed by atoms with Crippen LogP contribution in [-0.2, 0) is 25.9 Å². The fraction of sp³-hybridized carbons (Fsp3) is 0.462. The Morgan fingerprint density at radius 1 is 1.41 bits per heavy atom. The van der Waals surface area contributed by atoms with E-state index in [-0.39, 0.29) is 0 Å². The normalized spacial score (nSPS) is 14.2. The maximum atomic E-state index is 4.19. The molecule has 2 N–H and O–H groups in total. The van der Waals surface area contributed by atoms with Crippen molar-refractivity contribution in [3.63, 3.8) is 0 Å². The SMILES string of the molecule is Cc1ncc(CNCc2cc3c(s2)CCC3)[nH]1. The van der Waals surface area contributed by atoms with Crippen LogP contribution < -0.4 is 5.32 Å². The van der Waals surface area contributed by atoms with Crippen LogP contribution in [0.3, 0.4) is 0 Å². The Morgan fingerprint density at radius 3 is 3.12 bits per heavy atom. The molecule has 0 fully saturated rings. The van der Waals surface area contributed by atoms with Crippen molar-refractivity contribution in [3.8, 4) is 0 Å². The maximum Gasteiger partial charge on any atom is 0.103 e. The molecule has 17 heavy (non-hydrogen) atoms. The molecule has 4 heteroatoms. The largest absolute Gasteiger partial charge is 0.345 e. The van der Waals surface area contributed by atoms with Gasteiger partial charge in [-0.2, -0.15) is 0 Å². The fourth-order valence-electron chi connectivity index (χ4n) is 2.36. The monoisotopic (exact) mass is 247 g/mol.